The molecule has 3 rings (SSSR count). The van der Waals surface area contributed by atoms with E-state index in [0.29, 0.717) is 0 Å². The molecular weight excluding hydrogens is 348 g/mol. The molecule has 0 N–H and O–H groups in total. The van der Waals surface area contributed by atoms with E-state index in [9.17, 15) is 0 Å². The number of ether oxygens (including phenoxy) is 2. The Morgan fingerprint density at radius 2 is 1.39 bits per heavy atom. The Morgan fingerprint density at radius 1 is 0.714 bits per heavy atom. The highest BCUT2D eigenvalue weighted by atomic mass is 16.5. The normalized spacial score (nSPS) is 19.0. The lowest BCUT2D eigenvalue weighted by Gasteiger charge is -2.26. The zero-order valence-corrected chi connectivity index (χ0v) is 17.7. The van der Waals surface area contributed by atoms with E-state index < -0.39 is 0 Å². The molecule has 1 aromatic carbocycles. The van der Waals surface area contributed by atoms with Crippen LogP contribution in [0.1, 0.15) is 63.4 Å². The van der Waals surface area contributed by atoms with Gasteiger partial charge in [-0.3, -0.25) is 4.90 Å². The summed E-state index contributed by atoms with van der Waals surface area (Å²) in [6, 6.07) is 8.65. The van der Waals surface area contributed by atoms with E-state index in [0.717, 1.165) is 45.2 Å². The van der Waals surface area contributed by atoms with Gasteiger partial charge in [0.25, 0.3) is 0 Å². The first-order valence-corrected chi connectivity index (χ1v) is 11.6. The molecule has 0 aliphatic carbocycles. The van der Waals surface area contributed by atoms with E-state index >= 15 is 0 Å². The van der Waals surface area contributed by atoms with Crippen molar-refractivity contribution in [3.63, 3.8) is 0 Å². The predicted molar refractivity (Wildman–Crippen MR) is 116 cm³/mol. The molecular formula is C24H40N2O2. The number of piperidine rings is 1. The van der Waals surface area contributed by atoms with Gasteiger partial charge in [0.2, 0.25) is 0 Å². The molecule has 0 unspecified atom stereocenters. The minimum atomic E-state index is 0.844. The first kappa shape index (κ1) is 21.6. The van der Waals surface area contributed by atoms with Gasteiger partial charge in [-0.15, -0.1) is 0 Å². The highest BCUT2D eigenvalue weighted by molar-refractivity contribution is 5.27. The maximum Gasteiger partial charge on any atom is 0.119 e. The Balaban J connectivity index is 1.16. The average Bonchev–Trinajstić information content (AvgIpc) is 2.75. The Kier molecular flexibility index (Phi) is 10.2. The summed E-state index contributed by atoms with van der Waals surface area (Å²) < 4.78 is 11.3. The van der Waals surface area contributed by atoms with Gasteiger partial charge in [0.05, 0.1) is 19.8 Å². The van der Waals surface area contributed by atoms with Crippen molar-refractivity contribution < 1.29 is 9.47 Å². The van der Waals surface area contributed by atoms with Crippen molar-refractivity contribution in [2.45, 2.75) is 64.3 Å². The van der Waals surface area contributed by atoms with Gasteiger partial charge in [0.15, 0.2) is 0 Å². The minimum absolute atomic E-state index is 0.844. The topological polar surface area (TPSA) is 24.9 Å². The molecule has 0 spiro atoms. The molecule has 2 heterocycles. The van der Waals surface area contributed by atoms with Gasteiger partial charge < -0.3 is 14.4 Å². The summed E-state index contributed by atoms with van der Waals surface area (Å²) in [4.78, 5) is 5.11. The number of nitrogens with zero attached hydrogens (tertiary/aromatic N) is 2. The fraction of sp³-hybridized carbons (Fsp3) is 0.750. The Morgan fingerprint density at radius 3 is 2.14 bits per heavy atom. The van der Waals surface area contributed by atoms with Gasteiger partial charge in [0.1, 0.15) is 5.75 Å². The van der Waals surface area contributed by atoms with Crippen LogP contribution in [0.3, 0.4) is 0 Å². The molecule has 28 heavy (non-hydrogen) atoms. The van der Waals surface area contributed by atoms with Crippen LogP contribution >= 0.6 is 0 Å². The summed E-state index contributed by atoms with van der Waals surface area (Å²) in [6.07, 6.45) is 12.2. The van der Waals surface area contributed by atoms with E-state index in [1.165, 1.54) is 83.0 Å². The van der Waals surface area contributed by atoms with Gasteiger partial charge >= 0.3 is 0 Å². The summed E-state index contributed by atoms with van der Waals surface area (Å²) >= 11 is 0. The van der Waals surface area contributed by atoms with Crippen molar-refractivity contribution in [2.75, 3.05) is 52.5 Å². The van der Waals surface area contributed by atoms with Crippen molar-refractivity contribution in [1.82, 2.24) is 9.80 Å². The summed E-state index contributed by atoms with van der Waals surface area (Å²) in [6.45, 7) is 9.66. The highest BCUT2D eigenvalue weighted by Crippen LogP contribution is 2.16. The van der Waals surface area contributed by atoms with Crippen molar-refractivity contribution in [3.05, 3.63) is 29.8 Å². The van der Waals surface area contributed by atoms with Crippen LogP contribution in [0.4, 0.5) is 0 Å². The van der Waals surface area contributed by atoms with Crippen LogP contribution in [-0.4, -0.2) is 62.3 Å². The van der Waals surface area contributed by atoms with E-state index in [1.807, 2.05) is 0 Å². The van der Waals surface area contributed by atoms with Crippen molar-refractivity contribution in [2.24, 2.45) is 0 Å². The van der Waals surface area contributed by atoms with Gasteiger partial charge in [-0.25, -0.2) is 0 Å². The second-order valence-corrected chi connectivity index (χ2v) is 8.40. The lowest BCUT2D eigenvalue weighted by Crippen LogP contribution is -2.35. The Labute approximate surface area is 172 Å². The zero-order valence-electron chi connectivity index (χ0n) is 17.7. The van der Waals surface area contributed by atoms with Crippen LogP contribution in [0.15, 0.2) is 24.3 Å². The highest BCUT2D eigenvalue weighted by Gasteiger charge is 2.10. The predicted octanol–water partition coefficient (Wildman–Crippen LogP) is 4.72. The lowest BCUT2D eigenvalue weighted by molar-refractivity contribution is 0.0342. The van der Waals surface area contributed by atoms with E-state index in [-0.39, 0.29) is 0 Å². The summed E-state index contributed by atoms with van der Waals surface area (Å²) in [5, 5.41) is 0. The molecule has 0 saturated carbocycles. The fourth-order valence-electron chi connectivity index (χ4n) is 4.23. The van der Waals surface area contributed by atoms with Gasteiger partial charge in [-0.05, 0) is 63.0 Å². The van der Waals surface area contributed by atoms with Crippen molar-refractivity contribution >= 4 is 0 Å². The number of benzene rings is 1. The third kappa shape index (κ3) is 8.50. The van der Waals surface area contributed by atoms with Crippen molar-refractivity contribution in [1.29, 1.82) is 0 Å². The quantitative estimate of drug-likeness (QED) is 0.484. The summed E-state index contributed by atoms with van der Waals surface area (Å²) in [5.74, 6) is 1.01. The molecule has 0 bridgehead atoms. The van der Waals surface area contributed by atoms with Crippen LogP contribution < -0.4 is 4.74 Å². The lowest BCUT2D eigenvalue weighted by atomic mass is 10.1. The molecule has 158 valence electrons. The second-order valence-electron chi connectivity index (χ2n) is 8.40. The summed E-state index contributed by atoms with van der Waals surface area (Å²) in [7, 11) is 0. The fourth-order valence-corrected chi connectivity index (χ4v) is 4.23. The van der Waals surface area contributed by atoms with Crippen LogP contribution in [-0.2, 0) is 11.3 Å². The molecule has 0 atom stereocenters. The van der Waals surface area contributed by atoms with Crippen LogP contribution in [0, 0.1) is 0 Å². The molecule has 2 saturated heterocycles. The molecule has 4 nitrogen and oxygen atoms in total. The molecule has 2 fully saturated rings. The molecule has 0 aromatic heterocycles. The third-order valence-electron chi connectivity index (χ3n) is 6.02. The number of hydrogen-bond acceptors (Lipinski definition) is 4. The molecule has 4 heteroatoms. The van der Waals surface area contributed by atoms with Gasteiger partial charge in [-0.2, -0.15) is 0 Å². The number of morpholine rings is 1. The smallest absolute Gasteiger partial charge is 0.119 e. The molecule has 2 aliphatic heterocycles. The second kappa shape index (κ2) is 13.2. The average molecular weight is 389 g/mol. The monoisotopic (exact) mass is 388 g/mol. The molecule has 0 radical (unpaired) electrons. The maximum atomic E-state index is 5.92. The molecule has 2 aliphatic rings. The number of unbranched alkanes of at least 4 members (excludes halogenated alkanes) is 5. The maximum absolute atomic E-state index is 5.92. The zero-order chi connectivity index (χ0) is 19.3. The third-order valence-corrected chi connectivity index (χ3v) is 6.02. The Hall–Kier alpha value is -1.10. The van der Waals surface area contributed by atoms with Crippen LogP contribution in [0.2, 0.25) is 0 Å². The van der Waals surface area contributed by atoms with E-state index in [1.54, 1.807) is 0 Å². The minimum Gasteiger partial charge on any atom is -0.494 e. The van der Waals surface area contributed by atoms with Crippen molar-refractivity contribution in [3.8, 4) is 5.75 Å². The van der Waals surface area contributed by atoms with Crippen LogP contribution in [0.5, 0.6) is 5.75 Å². The van der Waals surface area contributed by atoms with Gasteiger partial charge in [0, 0.05) is 19.6 Å². The number of hydrogen-bond donors (Lipinski definition) is 0. The van der Waals surface area contributed by atoms with E-state index in [4.69, 9.17) is 9.47 Å². The van der Waals surface area contributed by atoms with Crippen LogP contribution in [0.25, 0.3) is 0 Å². The molecule has 0 amide bonds. The van der Waals surface area contributed by atoms with Gasteiger partial charge in [-0.1, -0.05) is 44.2 Å². The van der Waals surface area contributed by atoms with E-state index in [2.05, 4.69) is 34.1 Å². The first-order valence-electron chi connectivity index (χ1n) is 11.6. The first-order chi connectivity index (χ1) is 13.9. The largest absolute Gasteiger partial charge is 0.494 e. The number of rotatable bonds is 12. The SMILES string of the molecule is c1cc(OCCCCCCCCN2CCCCC2)ccc1CN1CCOCC1. The standard InChI is InChI=1S/C24H40N2O2/c1(3-6-14-25-15-7-5-8-16-25)2-4-9-19-28-24-12-10-23(11-13-24)22-26-17-20-27-21-18-26/h10-13H,1-9,14-22H2. The Bertz CT molecular complexity index is 508. The number of likely N-dealkylation sites (tertiary alicyclic amines) is 1. The molecule has 1 aromatic rings. The summed E-state index contributed by atoms with van der Waals surface area (Å²) in [5.41, 5.74) is 1.36.